The van der Waals surface area contributed by atoms with Crippen LogP contribution in [0, 0.1) is 11.7 Å². The molecule has 1 amide bonds. The van der Waals surface area contributed by atoms with Crippen molar-refractivity contribution in [3.63, 3.8) is 0 Å². The number of anilines is 2. The summed E-state index contributed by atoms with van der Waals surface area (Å²) in [5, 5.41) is 11.8. The molecular formula is C30H32ClFN6O2. The van der Waals surface area contributed by atoms with Crippen LogP contribution < -0.4 is 4.90 Å². The second-order valence-electron chi connectivity index (χ2n) is 10.5. The number of hydrogen-bond acceptors (Lipinski definition) is 7. The highest BCUT2D eigenvalue weighted by molar-refractivity contribution is 6.33. The van der Waals surface area contributed by atoms with Crippen molar-refractivity contribution < 1.29 is 14.3 Å². The average molecular weight is 563 g/mol. The zero-order valence-corrected chi connectivity index (χ0v) is 23.5. The van der Waals surface area contributed by atoms with E-state index >= 15 is 0 Å². The van der Waals surface area contributed by atoms with Gasteiger partial charge in [0.25, 0.3) is 0 Å². The molecule has 5 rings (SSSR count). The second-order valence-corrected chi connectivity index (χ2v) is 10.9. The predicted octanol–water partition coefficient (Wildman–Crippen LogP) is 5.03. The van der Waals surface area contributed by atoms with Gasteiger partial charge >= 0.3 is 0 Å². The fraction of sp³-hybridized carbons (Fsp3) is 0.333. The highest BCUT2D eigenvalue weighted by Crippen LogP contribution is 2.40. The molecule has 1 N–H and O–H groups in total. The van der Waals surface area contributed by atoms with E-state index in [1.165, 1.54) is 12.1 Å². The van der Waals surface area contributed by atoms with E-state index in [-0.39, 0.29) is 28.2 Å². The molecule has 2 aliphatic rings. The molecule has 2 aliphatic heterocycles. The third-order valence-electron chi connectivity index (χ3n) is 7.13. The van der Waals surface area contributed by atoms with Crippen LogP contribution in [-0.4, -0.2) is 68.6 Å². The first-order chi connectivity index (χ1) is 19.2. The van der Waals surface area contributed by atoms with Gasteiger partial charge in [-0.1, -0.05) is 50.2 Å². The zero-order chi connectivity index (χ0) is 28.6. The second kappa shape index (κ2) is 11.3. The van der Waals surface area contributed by atoms with Gasteiger partial charge in [0.2, 0.25) is 12.3 Å². The van der Waals surface area contributed by atoms with Crippen molar-refractivity contribution in [1.29, 1.82) is 0 Å². The summed E-state index contributed by atoms with van der Waals surface area (Å²) in [4.78, 5) is 31.8. The van der Waals surface area contributed by atoms with Gasteiger partial charge in [-0.2, -0.15) is 0 Å². The number of halogens is 2. The van der Waals surface area contributed by atoms with E-state index in [0.29, 0.717) is 48.6 Å². The Labute approximate surface area is 238 Å². The number of hydrogen-bond donors (Lipinski definition) is 1. The molecular weight excluding hydrogens is 531 g/mol. The third-order valence-corrected chi connectivity index (χ3v) is 7.42. The number of fused-ring (bicyclic) bond motifs is 1. The minimum absolute atomic E-state index is 0.112. The molecule has 40 heavy (non-hydrogen) atoms. The molecule has 208 valence electrons. The van der Waals surface area contributed by atoms with Crippen LogP contribution >= 0.6 is 11.6 Å². The van der Waals surface area contributed by atoms with Crippen molar-refractivity contribution in [1.82, 2.24) is 19.8 Å². The van der Waals surface area contributed by atoms with Crippen molar-refractivity contribution in [2.45, 2.75) is 39.6 Å². The fourth-order valence-corrected chi connectivity index (χ4v) is 5.56. The molecule has 8 nitrogen and oxygen atoms in total. The maximum Gasteiger partial charge on any atom is 0.246 e. The van der Waals surface area contributed by atoms with E-state index in [9.17, 15) is 14.3 Å². The number of aliphatic hydroxyl groups excluding tert-OH is 1. The molecule has 4 heterocycles. The summed E-state index contributed by atoms with van der Waals surface area (Å²) in [6, 6.07) is 11.8. The molecule has 3 aromatic rings. The molecule has 0 saturated carbocycles. The minimum atomic E-state index is -1.34. The van der Waals surface area contributed by atoms with E-state index in [1.807, 2.05) is 24.0 Å². The Morgan fingerprint density at radius 1 is 1.20 bits per heavy atom. The van der Waals surface area contributed by atoms with Crippen molar-refractivity contribution in [2.24, 2.45) is 10.9 Å². The molecule has 1 fully saturated rings. The lowest BCUT2D eigenvalue weighted by Crippen LogP contribution is -2.56. The molecule has 2 atom stereocenters. The highest BCUT2D eigenvalue weighted by Gasteiger charge is 2.38. The van der Waals surface area contributed by atoms with E-state index in [1.54, 1.807) is 40.3 Å². The van der Waals surface area contributed by atoms with Gasteiger partial charge in [0.15, 0.2) is 0 Å². The molecule has 1 saturated heterocycles. The lowest BCUT2D eigenvalue weighted by atomic mass is 10.0. The normalized spacial score (nSPS) is 19.0. The van der Waals surface area contributed by atoms with Gasteiger partial charge in [-0.05, 0) is 55.2 Å². The minimum Gasteiger partial charge on any atom is -0.355 e. The zero-order valence-electron chi connectivity index (χ0n) is 22.8. The third kappa shape index (κ3) is 5.19. The lowest BCUT2D eigenvalue weighted by molar-refractivity contribution is -0.128. The highest BCUT2D eigenvalue weighted by atomic mass is 35.5. The maximum atomic E-state index is 14.9. The Morgan fingerprint density at radius 2 is 1.98 bits per heavy atom. The lowest BCUT2D eigenvalue weighted by Gasteiger charge is -2.44. The molecule has 1 aromatic carbocycles. The summed E-state index contributed by atoms with van der Waals surface area (Å²) in [5.74, 6) is 1.16. The molecule has 2 aromatic heterocycles. The van der Waals surface area contributed by atoms with Crippen LogP contribution in [0.2, 0.25) is 5.02 Å². The van der Waals surface area contributed by atoms with Crippen molar-refractivity contribution in [3.05, 3.63) is 83.3 Å². The van der Waals surface area contributed by atoms with Crippen LogP contribution in [0.1, 0.15) is 31.9 Å². The molecule has 0 spiro atoms. The number of amides is 1. The van der Waals surface area contributed by atoms with Crippen molar-refractivity contribution >= 4 is 35.0 Å². The van der Waals surface area contributed by atoms with Crippen LogP contribution in [-0.2, 0) is 11.2 Å². The number of piperazine rings is 1. The van der Waals surface area contributed by atoms with E-state index < -0.39 is 12.2 Å². The quantitative estimate of drug-likeness (QED) is 0.439. The summed E-state index contributed by atoms with van der Waals surface area (Å²) >= 11 is 6.76. The number of benzene rings is 1. The Morgan fingerprint density at radius 3 is 2.67 bits per heavy atom. The fourth-order valence-electron chi connectivity index (χ4n) is 5.30. The van der Waals surface area contributed by atoms with Gasteiger partial charge in [0, 0.05) is 37.4 Å². The van der Waals surface area contributed by atoms with Crippen LogP contribution in [0.25, 0.3) is 11.3 Å². The molecule has 0 radical (unpaired) electrons. The topological polar surface area (TPSA) is 85.2 Å². The van der Waals surface area contributed by atoms with E-state index in [0.717, 1.165) is 12.0 Å². The largest absolute Gasteiger partial charge is 0.355 e. The van der Waals surface area contributed by atoms with Gasteiger partial charge in [-0.25, -0.2) is 19.4 Å². The Hall–Kier alpha value is -3.82. The van der Waals surface area contributed by atoms with Crippen LogP contribution in [0.5, 0.6) is 0 Å². The number of carbonyl (C=O) groups excluding carboxylic acids is 1. The average Bonchev–Trinajstić information content (AvgIpc) is 2.93. The summed E-state index contributed by atoms with van der Waals surface area (Å²) in [6.07, 6.45) is 2.36. The summed E-state index contributed by atoms with van der Waals surface area (Å²) in [5.41, 5.74) is 2.03. The van der Waals surface area contributed by atoms with Gasteiger partial charge in [-0.15, -0.1) is 0 Å². The van der Waals surface area contributed by atoms with Gasteiger partial charge in [-0.3, -0.25) is 9.69 Å². The number of aliphatic imine (C=N–C) groups is 1. The monoisotopic (exact) mass is 562 g/mol. The van der Waals surface area contributed by atoms with Crippen LogP contribution in [0.4, 0.5) is 16.0 Å². The van der Waals surface area contributed by atoms with Crippen LogP contribution in [0.3, 0.4) is 0 Å². The molecule has 1 unspecified atom stereocenters. The number of aliphatic hydroxyl groups is 1. The number of carbonyl (C=O) groups is 1. The Balaban J connectivity index is 1.66. The number of aromatic nitrogens is 2. The first-order valence-electron chi connectivity index (χ1n) is 13.3. The summed E-state index contributed by atoms with van der Waals surface area (Å²) < 4.78 is 14.9. The first-order valence-corrected chi connectivity index (χ1v) is 13.7. The Bertz CT molecular complexity index is 1480. The standard InChI is InChI=1S/C30H32ClFN6O2/c1-5-25(39)36-13-14-37(19(4)17-36)28-22-16-23(31)26(21-10-6-7-11-24(21)32)34-29(22)38(30(40)35-28)27-20(15-18(2)3)9-8-12-33-27/h5-12,16,18-19,30,40H,1,13-15,17H2,2-4H3/t19-,30?/m0/s1. The molecule has 0 bridgehead atoms. The van der Waals surface area contributed by atoms with Crippen LogP contribution in [0.15, 0.2) is 66.3 Å². The van der Waals surface area contributed by atoms with Gasteiger partial charge in [0.05, 0.1) is 16.3 Å². The SMILES string of the molecule is C=CC(=O)N1CCN(C2=NC(O)N(c3ncccc3CC(C)C)c3nc(-c4ccccc4F)c(Cl)cc32)[C@@H](C)C1. The Kier molecular flexibility index (Phi) is 7.87. The van der Waals surface area contributed by atoms with Crippen molar-refractivity contribution in [3.8, 4) is 11.3 Å². The smallest absolute Gasteiger partial charge is 0.246 e. The summed E-state index contributed by atoms with van der Waals surface area (Å²) in [7, 11) is 0. The molecule has 10 heteroatoms. The first kappa shape index (κ1) is 27.7. The number of amidine groups is 1. The summed E-state index contributed by atoms with van der Waals surface area (Å²) in [6.45, 7) is 11.2. The predicted molar refractivity (Wildman–Crippen MR) is 155 cm³/mol. The van der Waals surface area contributed by atoms with E-state index in [2.05, 4.69) is 25.4 Å². The van der Waals surface area contributed by atoms with Crippen molar-refractivity contribution in [2.75, 3.05) is 24.5 Å². The number of rotatable bonds is 5. The maximum absolute atomic E-state index is 14.9. The molecule has 0 aliphatic carbocycles. The van der Waals surface area contributed by atoms with Gasteiger partial charge < -0.3 is 14.9 Å². The van der Waals surface area contributed by atoms with E-state index in [4.69, 9.17) is 21.6 Å². The number of pyridine rings is 2. The number of nitrogens with zero attached hydrogens (tertiary/aromatic N) is 6. The van der Waals surface area contributed by atoms with Gasteiger partial charge in [0.1, 0.15) is 23.3 Å².